The van der Waals surface area contributed by atoms with Gasteiger partial charge in [-0.25, -0.2) is 15.0 Å². The molecule has 0 aromatic carbocycles. The van der Waals surface area contributed by atoms with Gasteiger partial charge in [0.15, 0.2) is 5.16 Å². The maximum Gasteiger partial charge on any atom is 0.191 e. The smallest absolute Gasteiger partial charge is 0.191 e. The molecule has 0 unspecified atom stereocenters. The zero-order chi connectivity index (χ0) is 13.1. The van der Waals surface area contributed by atoms with Gasteiger partial charge in [-0.1, -0.05) is 35.0 Å². The molecule has 2 heterocycles. The second-order valence-electron chi connectivity index (χ2n) is 3.35. The monoisotopic (exact) mass is 301 g/mol. The van der Waals surface area contributed by atoms with Gasteiger partial charge in [-0.2, -0.15) is 0 Å². The fraction of sp³-hybridized carbons (Fsp3) is 0.100. The van der Waals surface area contributed by atoms with Crippen LogP contribution in [-0.4, -0.2) is 15.0 Å². The first-order valence-corrected chi connectivity index (χ1v) is 6.62. The predicted octanol–water partition coefficient (Wildman–Crippen LogP) is 2.64. The van der Waals surface area contributed by atoms with E-state index in [1.165, 1.54) is 17.8 Å². The predicted molar refractivity (Wildman–Crippen MR) is 74.7 cm³/mol. The van der Waals surface area contributed by atoms with E-state index < -0.39 is 0 Å². The molecule has 0 aliphatic carbocycles. The summed E-state index contributed by atoms with van der Waals surface area (Å²) in [5.41, 5.74) is 11.8. The minimum atomic E-state index is 0.329. The highest BCUT2D eigenvalue weighted by Gasteiger charge is 2.07. The van der Waals surface area contributed by atoms with Crippen molar-refractivity contribution in [3.63, 3.8) is 0 Å². The lowest BCUT2D eigenvalue weighted by atomic mass is 10.4. The van der Waals surface area contributed by atoms with Crippen LogP contribution in [0, 0.1) is 0 Å². The van der Waals surface area contributed by atoms with Crippen molar-refractivity contribution in [1.29, 1.82) is 0 Å². The normalized spacial score (nSPS) is 10.6. The lowest BCUT2D eigenvalue weighted by Gasteiger charge is -2.04. The number of nitrogens with two attached hydrogens (primary N) is 2. The molecule has 0 saturated carbocycles. The third-order valence-electron chi connectivity index (χ3n) is 1.97. The third-order valence-corrected chi connectivity index (χ3v) is 3.38. The summed E-state index contributed by atoms with van der Waals surface area (Å²) in [5, 5.41) is 1.41. The number of aromatic nitrogens is 3. The van der Waals surface area contributed by atoms with Crippen LogP contribution in [0.4, 0.5) is 11.6 Å². The fourth-order valence-electron chi connectivity index (χ4n) is 1.22. The Kier molecular flexibility index (Phi) is 4.11. The maximum atomic E-state index is 6.00. The number of thioether (sulfide) groups is 1. The van der Waals surface area contributed by atoms with Gasteiger partial charge in [-0.05, 0) is 12.1 Å². The minimum Gasteiger partial charge on any atom is -0.383 e. The number of hydrogen-bond donors (Lipinski definition) is 2. The highest BCUT2D eigenvalue weighted by molar-refractivity contribution is 7.98. The second kappa shape index (κ2) is 5.60. The van der Waals surface area contributed by atoms with Gasteiger partial charge in [0.1, 0.15) is 16.8 Å². The molecular weight excluding hydrogens is 293 g/mol. The molecular formula is C10H9Cl2N5S. The summed E-state index contributed by atoms with van der Waals surface area (Å²) in [4.78, 5) is 12.2. The average molecular weight is 302 g/mol. The number of rotatable bonds is 3. The van der Waals surface area contributed by atoms with Crippen molar-refractivity contribution < 1.29 is 0 Å². The second-order valence-corrected chi connectivity index (χ2v) is 5.09. The van der Waals surface area contributed by atoms with Crippen LogP contribution in [0.15, 0.2) is 23.4 Å². The van der Waals surface area contributed by atoms with Gasteiger partial charge < -0.3 is 11.5 Å². The van der Waals surface area contributed by atoms with Gasteiger partial charge in [0, 0.05) is 11.8 Å². The van der Waals surface area contributed by atoms with Crippen molar-refractivity contribution in [2.75, 3.05) is 11.5 Å². The fourth-order valence-corrected chi connectivity index (χ4v) is 2.46. The Balaban J connectivity index is 2.13. The van der Waals surface area contributed by atoms with Crippen molar-refractivity contribution in [2.24, 2.45) is 0 Å². The molecule has 2 aromatic rings. The van der Waals surface area contributed by atoms with Crippen LogP contribution in [0.1, 0.15) is 5.69 Å². The zero-order valence-corrected chi connectivity index (χ0v) is 11.4. The Bertz CT molecular complexity index is 558. The molecule has 0 bridgehead atoms. The van der Waals surface area contributed by atoms with E-state index in [1.54, 1.807) is 12.1 Å². The summed E-state index contributed by atoms with van der Waals surface area (Å²) in [7, 11) is 0. The topological polar surface area (TPSA) is 90.7 Å². The molecule has 0 aliphatic rings. The van der Waals surface area contributed by atoms with Gasteiger partial charge in [-0.3, -0.25) is 0 Å². The quantitative estimate of drug-likeness (QED) is 0.514. The van der Waals surface area contributed by atoms with E-state index in [9.17, 15) is 0 Å². The third kappa shape index (κ3) is 3.38. The van der Waals surface area contributed by atoms with Crippen molar-refractivity contribution in [3.05, 3.63) is 34.1 Å². The van der Waals surface area contributed by atoms with E-state index in [1.807, 2.05) is 0 Å². The highest BCUT2D eigenvalue weighted by atomic mass is 35.5. The molecule has 0 saturated heterocycles. The van der Waals surface area contributed by atoms with Crippen LogP contribution >= 0.6 is 35.0 Å². The van der Waals surface area contributed by atoms with Crippen molar-refractivity contribution in [3.8, 4) is 0 Å². The Labute approximate surface area is 118 Å². The molecule has 4 N–H and O–H groups in total. The number of anilines is 2. The van der Waals surface area contributed by atoms with E-state index in [0.717, 1.165) is 0 Å². The molecule has 0 amide bonds. The number of hydrogen-bond acceptors (Lipinski definition) is 6. The van der Waals surface area contributed by atoms with E-state index in [4.69, 9.17) is 34.7 Å². The first-order valence-electron chi connectivity index (χ1n) is 4.88. The summed E-state index contributed by atoms with van der Waals surface area (Å²) in [6, 6.07) is 4.82. The standard InChI is InChI=1S/C10H9Cl2N5S/c11-5-1-2-7(12)15-6(5)4-18-10-16-8(13)3-9(14)17-10/h1-3H,4H2,(H4,13,14,16,17). The summed E-state index contributed by atoms with van der Waals surface area (Å²) < 4.78 is 0. The first kappa shape index (κ1) is 13.2. The van der Waals surface area contributed by atoms with Gasteiger partial charge in [-0.15, -0.1) is 0 Å². The van der Waals surface area contributed by atoms with Crippen LogP contribution in [0.3, 0.4) is 0 Å². The molecule has 8 heteroatoms. The summed E-state index contributed by atoms with van der Waals surface area (Å²) in [6.45, 7) is 0. The summed E-state index contributed by atoms with van der Waals surface area (Å²) in [6.07, 6.45) is 0. The minimum absolute atomic E-state index is 0.329. The number of nitrogens with zero attached hydrogens (tertiary/aromatic N) is 3. The lowest BCUT2D eigenvalue weighted by molar-refractivity contribution is 0.982. The molecule has 0 aliphatic heterocycles. The Hall–Kier alpha value is -1.24. The van der Waals surface area contributed by atoms with Crippen LogP contribution in [0.5, 0.6) is 0 Å². The zero-order valence-electron chi connectivity index (χ0n) is 9.10. The van der Waals surface area contributed by atoms with Crippen LogP contribution in [-0.2, 0) is 5.75 Å². The molecule has 18 heavy (non-hydrogen) atoms. The highest BCUT2D eigenvalue weighted by Crippen LogP contribution is 2.25. The molecule has 2 rings (SSSR count). The van der Waals surface area contributed by atoms with E-state index in [0.29, 0.717) is 38.4 Å². The van der Waals surface area contributed by atoms with Crippen LogP contribution in [0.2, 0.25) is 10.2 Å². The molecule has 0 atom stereocenters. The van der Waals surface area contributed by atoms with Crippen LogP contribution in [0.25, 0.3) is 0 Å². The number of pyridine rings is 1. The molecule has 5 nitrogen and oxygen atoms in total. The Morgan fingerprint density at radius 1 is 1.06 bits per heavy atom. The summed E-state index contributed by atoms with van der Waals surface area (Å²) in [5.74, 6) is 1.15. The molecule has 0 radical (unpaired) electrons. The molecule has 2 aromatic heterocycles. The van der Waals surface area contributed by atoms with Gasteiger partial charge >= 0.3 is 0 Å². The van der Waals surface area contributed by atoms with Crippen molar-refractivity contribution >= 4 is 46.6 Å². The maximum absolute atomic E-state index is 6.00. The van der Waals surface area contributed by atoms with E-state index in [2.05, 4.69) is 15.0 Å². The molecule has 94 valence electrons. The number of halogens is 2. The van der Waals surface area contributed by atoms with E-state index >= 15 is 0 Å². The molecule has 0 fully saturated rings. The largest absolute Gasteiger partial charge is 0.383 e. The van der Waals surface area contributed by atoms with Crippen LogP contribution < -0.4 is 11.5 Å². The van der Waals surface area contributed by atoms with Gasteiger partial charge in [0.05, 0.1) is 10.7 Å². The Morgan fingerprint density at radius 2 is 1.72 bits per heavy atom. The van der Waals surface area contributed by atoms with Gasteiger partial charge in [0.2, 0.25) is 0 Å². The average Bonchev–Trinajstić information content (AvgIpc) is 2.29. The first-order chi connectivity index (χ1) is 8.54. The molecule has 0 spiro atoms. The van der Waals surface area contributed by atoms with Crippen molar-refractivity contribution in [2.45, 2.75) is 10.9 Å². The van der Waals surface area contributed by atoms with Gasteiger partial charge in [0.25, 0.3) is 0 Å². The number of nitrogen functional groups attached to an aromatic ring is 2. The SMILES string of the molecule is Nc1cc(N)nc(SCc2nc(Cl)ccc2Cl)n1. The summed E-state index contributed by atoms with van der Waals surface area (Å²) >= 11 is 13.1. The van der Waals surface area contributed by atoms with Crippen molar-refractivity contribution in [1.82, 2.24) is 15.0 Å². The van der Waals surface area contributed by atoms with E-state index in [-0.39, 0.29) is 0 Å². The lowest BCUT2D eigenvalue weighted by Crippen LogP contribution is -1.99. The Morgan fingerprint density at radius 3 is 2.39 bits per heavy atom.